The molecule has 0 aliphatic carbocycles. The SMILES string of the molecule is [CH2-]c1cn(C(=O)OC(C)(C)C)c(/C=C\C)c1C.[K+]. The maximum Gasteiger partial charge on any atom is 1.00 e. The zero-order valence-corrected chi connectivity index (χ0v) is 15.3. The molecule has 0 saturated heterocycles. The molecule has 4 heteroatoms. The Morgan fingerprint density at radius 2 is 2.00 bits per heavy atom. The van der Waals surface area contributed by atoms with E-state index < -0.39 is 5.60 Å². The van der Waals surface area contributed by atoms with Crippen molar-refractivity contribution in [2.75, 3.05) is 0 Å². The average Bonchev–Trinajstić information content (AvgIpc) is 2.44. The van der Waals surface area contributed by atoms with Gasteiger partial charge in [0.25, 0.3) is 0 Å². The molecule has 1 heterocycles. The first kappa shape index (κ1) is 18.0. The van der Waals surface area contributed by atoms with E-state index in [9.17, 15) is 4.79 Å². The van der Waals surface area contributed by atoms with Crippen LogP contribution in [0.1, 0.15) is 44.5 Å². The Balaban J connectivity index is 0.00000289. The molecule has 1 aromatic heterocycles. The van der Waals surface area contributed by atoms with Gasteiger partial charge < -0.3 is 9.30 Å². The molecule has 0 amide bonds. The molecule has 0 aromatic carbocycles. The van der Waals surface area contributed by atoms with Crippen LogP contribution in [-0.4, -0.2) is 16.3 Å². The summed E-state index contributed by atoms with van der Waals surface area (Å²) in [6, 6.07) is 0. The molecule has 18 heavy (non-hydrogen) atoms. The molecule has 0 fully saturated rings. The van der Waals surface area contributed by atoms with Crippen molar-refractivity contribution in [2.24, 2.45) is 0 Å². The Bertz CT molecular complexity index is 453. The molecule has 0 aliphatic heterocycles. The van der Waals surface area contributed by atoms with E-state index >= 15 is 0 Å². The number of hydrogen-bond acceptors (Lipinski definition) is 2. The van der Waals surface area contributed by atoms with Crippen molar-refractivity contribution in [2.45, 2.75) is 40.2 Å². The zero-order valence-electron chi connectivity index (χ0n) is 12.2. The van der Waals surface area contributed by atoms with Crippen LogP contribution in [-0.2, 0) is 4.74 Å². The Labute approximate surface area is 152 Å². The second-order valence-electron chi connectivity index (χ2n) is 5.01. The van der Waals surface area contributed by atoms with Crippen molar-refractivity contribution in [3.8, 4) is 0 Å². The summed E-state index contributed by atoms with van der Waals surface area (Å²) in [7, 11) is 0. The van der Waals surface area contributed by atoms with Crippen molar-refractivity contribution in [3.05, 3.63) is 36.0 Å². The number of ether oxygens (including phenoxy) is 1. The van der Waals surface area contributed by atoms with Crippen molar-refractivity contribution in [3.63, 3.8) is 0 Å². The van der Waals surface area contributed by atoms with Crippen LogP contribution in [0, 0.1) is 13.8 Å². The first-order valence-corrected chi connectivity index (χ1v) is 5.66. The molecule has 1 aromatic rings. The van der Waals surface area contributed by atoms with Crippen molar-refractivity contribution < 1.29 is 60.9 Å². The summed E-state index contributed by atoms with van der Waals surface area (Å²) >= 11 is 0. The minimum absolute atomic E-state index is 0. The van der Waals surface area contributed by atoms with E-state index in [0.29, 0.717) is 0 Å². The number of allylic oxidation sites excluding steroid dienone is 1. The molecule has 94 valence electrons. The summed E-state index contributed by atoms with van der Waals surface area (Å²) in [4.78, 5) is 12.0. The molecule has 0 spiro atoms. The Morgan fingerprint density at radius 1 is 1.44 bits per heavy atom. The summed E-state index contributed by atoms with van der Waals surface area (Å²) in [5, 5.41) is 0. The van der Waals surface area contributed by atoms with Gasteiger partial charge in [-0.1, -0.05) is 25.3 Å². The molecular weight excluding hydrogens is 253 g/mol. The molecule has 0 atom stereocenters. The van der Waals surface area contributed by atoms with Gasteiger partial charge in [0, 0.05) is 0 Å². The van der Waals surface area contributed by atoms with Gasteiger partial charge >= 0.3 is 57.5 Å². The fraction of sp³-hybridized carbons (Fsp3) is 0.429. The molecule has 0 radical (unpaired) electrons. The van der Waals surface area contributed by atoms with Crippen LogP contribution in [0.5, 0.6) is 0 Å². The first-order chi connectivity index (χ1) is 7.76. The molecule has 1 rings (SSSR count). The van der Waals surface area contributed by atoms with Gasteiger partial charge in [0.05, 0.1) is 0 Å². The minimum Gasteiger partial charge on any atom is -0.444 e. The maximum absolute atomic E-state index is 12.0. The van der Waals surface area contributed by atoms with E-state index in [4.69, 9.17) is 4.74 Å². The van der Waals surface area contributed by atoms with Crippen molar-refractivity contribution >= 4 is 12.2 Å². The molecule has 0 bridgehead atoms. The predicted octanol–water partition coefficient (Wildman–Crippen LogP) is 0.799. The second-order valence-corrected chi connectivity index (χ2v) is 5.01. The number of hydrogen-bond donors (Lipinski definition) is 0. The normalized spacial score (nSPS) is 11.4. The van der Waals surface area contributed by atoms with Crippen molar-refractivity contribution in [1.82, 2.24) is 4.57 Å². The maximum atomic E-state index is 12.0. The Hall–Kier alpha value is -0.00364. The Kier molecular flexibility index (Phi) is 6.96. The monoisotopic (exact) mass is 273 g/mol. The molecule has 3 nitrogen and oxygen atoms in total. The number of rotatable bonds is 1. The van der Waals surface area contributed by atoms with E-state index in [0.717, 1.165) is 16.8 Å². The summed E-state index contributed by atoms with van der Waals surface area (Å²) in [5.74, 6) is 0. The molecule has 0 unspecified atom stereocenters. The van der Waals surface area contributed by atoms with Crippen LogP contribution in [0.4, 0.5) is 4.79 Å². The largest absolute Gasteiger partial charge is 1.00 e. The van der Waals surface area contributed by atoms with Crippen LogP contribution in [0.25, 0.3) is 6.08 Å². The van der Waals surface area contributed by atoms with E-state index in [1.165, 1.54) is 4.57 Å². The van der Waals surface area contributed by atoms with Gasteiger partial charge in [-0.2, -0.15) is 12.5 Å². The molecule has 0 aliphatic rings. The fourth-order valence-corrected chi connectivity index (χ4v) is 1.49. The van der Waals surface area contributed by atoms with Gasteiger partial charge in [0.2, 0.25) is 0 Å². The van der Waals surface area contributed by atoms with Crippen LogP contribution in [0.2, 0.25) is 0 Å². The smallest absolute Gasteiger partial charge is 0.444 e. The van der Waals surface area contributed by atoms with Crippen LogP contribution in [0.3, 0.4) is 0 Å². The number of carbonyl (C=O) groups is 1. The van der Waals surface area contributed by atoms with Crippen LogP contribution >= 0.6 is 0 Å². The molecule has 0 N–H and O–H groups in total. The van der Waals surface area contributed by atoms with Gasteiger partial charge in [-0.15, -0.1) is 5.56 Å². The van der Waals surface area contributed by atoms with Gasteiger partial charge in [0.1, 0.15) is 5.60 Å². The van der Waals surface area contributed by atoms with Gasteiger partial charge in [-0.3, -0.25) is 0 Å². The average molecular weight is 273 g/mol. The van der Waals surface area contributed by atoms with Gasteiger partial charge in [0.15, 0.2) is 0 Å². The number of nitrogens with zero attached hydrogens (tertiary/aromatic N) is 1. The third-order valence-corrected chi connectivity index (χ3v) is 2.33. The molecule has 0 saturated carbocycles. The van der Waals surface area contributed by atoms with E-state index in [-0.39, 0.29) is 57.5 Å². The van der Waals surface area contributed by atoms with Gasteiger partial charge in [-0.25, -0.2) is 4.79 Å². The number of carbonyl (C=O) groups excluding carboxylic acids is 1. The first-order valence-electron chi connectivity index (χ1n) is 5.66. The molecular formula is C14H20KNO2. The quantitative estimate of drug-likeness (QED) is 0.560. The third-order valence-electron chi connectivity index (χ3n) is 2.33. The van der Waals surface area contributed by atoms with Crippen molar-refractivity contribution in [1.29, 1.82) is 0 Å². The standard InChI is InChI=1S/C14H20NO2.K/c1-7-8-12-11(3)10(2)9-15(12)13(16)17-14(4,5)6;/h7-9H,2H2,1,3-6H3;/q-1;+1/b8-7-;. The van der Waals surface area contributed by atoms with E-state index in [1.807, 2.05) is 46.8 Å². The summed E-state index contributed by atoms with van der Waals surface area (Å²) in [6.45, 7) is 13.3. The summed E-state index contributed by atoms with van der Waals surface area (Å²) in [5.41, 5.74) is 2.16. The summed E-state index contributed by atoms with van der Waals surface area (Å²) < 4.78 is 6.84. The topological polar surface area (TPSA) is 31.2 Å². The number of aromatic nitrogens is 1. The van der Waals surface area contributed by atoms with E-state index in [2.05, 4.69) is 6.92 Å². The Morgan fingerprint density at radius 3 is 2.44 bits per heavy atom. The fourth-order valence-electron chi connectivity index (χ4n) is 1.49. The zero-order chi connectivity index (χ0) is 13.2. The summed E-state index contributed by atoms with van der Waals surface area (Å²) in [6.07, 6.45) is 5.11. The van der Waals surface area contributed by atoms with Crippen LogP contribution in [0.15, 0.2) is 12.3 Å². The minimum atomic E-state index is -0.496. The van der Waals surface area contributed by atoms with E-state index in [1.54, 1.807) is 6.20 Å². The predicted molar refractivity (Wildman–Crippen MR) is 70.0 cm³/mol. The van der Waals surface area contributed by atoms with Gasteiger partial charge in [-0.05, 0) is 33.4 Å². The van der Waals surface area contributed by atoms with Crippen LogP contribution < -0.4 is 51.4 Å². The third kappa shape index (κ3) is 4.59. The second kappa shape index (κ2) is 6.96.